The normalized spacial score (nSPS) is 11.2. The van der Waals surface area contributed by atoms with E-state index in [9.17, 15) is 4.39 Å². The molecule has 2 aromatic heterocycles. The summed E-state index contributed by atoms with van der Waals surface area (Å²) < 4.78 is 19.7. The summed E-state index contributed by atoms with van der Waals surface area (Å²) >= 11 is 0. The lowest BCUT2D eigenvalue weighted by Crippen LogP contribution is -2.00. The molecule has 0 radical (unpaired) electrons. The number of hydrogen-bond acceptors (Lipinski definition) is 3. The van der Waals surface area contributed by atoms with Gasteiger partial charge in [-0.3, -0.25) is 0 Å². The number of aromatic nitrogens is 4. The van der Waals surface area contributed by atoms with E-state index in [1.165, 1.54) is 23.3 Å². The standard InChI is InChI=1S/C7H5FN4/c8-6-1-2-7(9-5-6)12-10-3-4-11-12/h1-5H/i5D. The van der Waals surface area contributed by atoms with Crippen LogP contribution in [-0.2, 0) is 0 Å². The number of nitrogens with zero attached hydrogens (tertiary/aromatic N) is 4. The number of halogens is 1. The Labute approximate surface area is 69.1 Å². The van der Waals surface area contributed by atoms with E-state index in [4.69, 9.17) is 1.37 Å². The molecule has 0 bridgehead atoms. The van der Waals surface area contributed by atoms with Gasteiger partial charge in [-0.15, -0.1) is 4.80 Å². The summed E-state index contributed by atoms with van der Waals surface area (Å²) in [4.78, 5) is 4.86. The van der Waals surface area contributed by atoms with Crippen molar-refractivity contribution in [2.45, 2.75) is 0 Å². The molecule has 0 spiro atoms. The second kappa shape index (κ2) is 2.69. The van der Waals surface area contributed by atoms with Crippen LogP contribution in [0.5, 0.6) is 0 Å². The molecule has 2 rings (SSSR count). The van der Waals surface area contributed by atoms with E-state index >= 15 is 0 Å². The highest BCUT2D eigenvalue weighted by molar-refractivity contribution is 5.17. The van der Waals surface area contributed by atoms with Crippen LogP contribution in [0.1, 0.15) is 1.37 Å². The minimum atomic E-state index is -0.657. The molecule has 0 aliphatic rings. The zero-order chi connectivity index (χ0) is 9.26. The molecule has 0 aliphatic heterocycles. The summed E-state index contributed by atoms with van der Waals surface area (Å²) in [5.41, 5.74) is 0. The summed E-state index contributed by atoms with van der Waals surface area (Å²) in [5.74, 6) is -0.327. The van der Waals surface area contributed by atoms with Gasteiger partial charge in [-0.25, -0.2) is 9.37 Å². The first-order chi connectivity index (χ1) is 6.27. The van der Waals surface area contributed by atoms with Gasteiger partial charge >= 0.3 is 0 Å². The molecule has 2 aromatic rings. The van der Waals surface area contributed by atoms with Crippen molar-refractivity contribution in [3.8, 4) is 5.82 Å². The predicted octanol–water partition coefficient (Wildman–Crippen LogP) is 0.801. The van der Waals surface area contributed by atoms with Gasteiger partial charge in [0.2, 0.25) is 0 Å². The van der Waals surface area contributed by atoms with Crippen molar-refractivity contribution in [2.75, 3.05) is 0 Å². The van der Waals surface area contributed by atoms with Crippen molar-refractivity contribution in [3.63, 3.8) is 0 Å². The van der Waals surface area contributed by atoms with Gasteiger partial charge in [0.15, 0.2) is 5.82 Å². The first-order valence-electron chi connectivity index (χ1n) is 3.77. The molecule has 2 heterocycles. The molecule has 0 aliphatic carbocycles. The summed E-state index contributed by atoms with van der Waals surface area (Å²) in [6.07, 6.45) is 2.55. The fourth-order valence-corrected chi connectivity index (χ4v) is 0.778. The lowest BCUT2D eigenvalue weighted by molar-refractivity contribution is 0.616. The third-order valence-electron chi connectivity index (χ3n) is 1.28. The average molecular weight is 165 g/mol. The van der Waals surface area contributed by atoms with Crippen LogP contribution in [0.2, 0.25) is 0 Å². The minimum absolute atomic E-state index is 0.330. The summed E-state index contributed by atoms with van der Waals surface area (Å²) in [6, 6.07) is 2.57. The van der Waals surface area contributed by atoms with Crippen LogP contribution in [0.15, 0.2) is 30.7 Å². The van der Waals surface area contributed by atoms with Crippen molar-refractivity contribution < 1.29 is 5.76 Å². The number of rotatable bonds is 1. The second-order valence-electron chi connectivity index (χ2n) is 2.08. The maximum absolute atomic E-state index is 12.6. The van der Waals surface area contributed by atoms with Crippen LogP contribution in [0.3, 0.4) is 0 Å². The average Bonchev–Trinajstić information content (AvgIpc) is 2.62. The van der Waals surface area contributed by atoms with Gasteiger partial charge in [0.1, 0.15) is 5.82 Å². The summed E-state index contributed by atoms with van der Waals surface area (Å²) in [6.45, 7) is 0. The van der Waals surface area contributed by atoms with Gasteiger partial charge in [0, 0.05) is 0 Å². The van der Waals surface area contributed by atoms with E-state index in [0.29, 0.717) is 5.82 Å². The Morgan fingerprint density at radius 2 is 2.08 bits per heavy atom. The highest BCUT2D eigenvalue weighted by atomic mass is 19.1. The molecule has 0 fully saturated rings. The molecule has 0 saturated heterocycles. The molecule has 0 aromatic carbocycles. The monoisotopic (exact) mass is 165 g/mol. The van der Waals surface area contributed by atoms with Gasteiger partial charge in [0.05, 0.1) is 19.9 Å². The SMILES string of the molecule is [2H]c1nc(-n2nccn2)ccc1F. The van der Waals surface area contributed by atoms with Crippen LogP contribution in [0, 0.1) is 5.82 Å². The van der Waals surface area contributed by atoms with Crippen molar-refractivity contribution in [2.24, 2.45) is 0 Å². The molecule has 12 heavy (non-hydrogen) atoms. The van der Waals surface area contributed by atoms with Crippen molar-refractivity contribution in [1.29, 1.82) is 0 Å². The van der Waals surface area contributed by atoms with Gasteiger partial charge in [0.25, 0.3) is 0 Å². The molecule has 4 nitrogen and oxygen atoms in total. The molecule has 0 atom stereocenters. The van der Waals surface area contributed by atoms with Gasteiger partial charge < -0.3 is 0 Å². The third kappa shape index (κ3) is 1.16. The van der Waals surface area contributed by atoms with E-state index in [-0.39, 0.29) is 0 Å². The molecular weight excluding hydrogens is 159 g/mol. The van der Waals surface area contributed by atoms with E-state index in [1.807, 2.05) is 0 Å². The Morgan fingerprint density at radius 3 is 2.75 bits per heavy atom. The van der Waals surface area contributed by atoms with E-state index in [0.717, 1.165) is 6.07 Å². The van der Waals surface area contributed by atoms with Crippen LogP contribution in [0.4, 0.5) is 4.39 Å². The molecule has 5 heteroatoms. The molecule has 0 N–H and O–H groups in total. The second-order valence-corrected chi connectivity index (χ2v) is 2.08. The number of pyridine rings is 1. The Balaban J connectivity index is 2.49. The minimum Gasteiger partial charge on any atom is -0.233 e. The maximum Gasteiger partial charge on any atom is 0.174 e. The van der Waals surface area contributed by atoms with Crippen molar-refractivity contribution in [3.05, 3.63) is 36.5 Å². The molecule has 0 saturated carbocycles. The van der Waals surface area contributed by atoms with Crippen LogP contribution in [-0.4, -0.2) is 20.0 Å². The zero-order valence-electron chi connectivity index (χ0n) is 6.98. The number of hydrogen-bond donors (Lipinski definition) is 0. The quantitative estimate of drug-likeness (QED) is 0.627. The van der Waals surface area contributed by atoms with E-state index < -0.39 is 12.0 Å². The highest BCUT2D eigenvalue weighted by Gasteiger charge is 1.97. The van der Waals surface area contributed by atoms with E-state index in [1.54, 1.807) is 0 Å². The lowest BCUT2D eigenvalue weighted by Gasteiger charge is -1.95. The third-order valence-corrected chi connectivity index (χ3v) is 1.28. The van der Waals surface area contributed by atoms with Gasteiger partial charge in [-0.05, 0) is 12.1 Å². The first-order valence-corrected chi connectivity index (χ1v) is 3.27. The van der Waals surface area contributed by atoms with Crippen LogP contribution < -0.4 is 0 Å². The zero-order valence-corrected chi connectivity index (χ0v) is 5.98. The van der Waals surface area contributed by atoms with Crippen LogP contribution >= 0.6 is 0 Å². The Hall–Kier alpha value is -1.78. The van der Waals surface area contributed by atoms with Gasteiger partial charge in [-0.1, -0.05) is 0 Å². The maximum atomic E-state index is 12.6. The Morgan fingerprint density at radius 1 is 1.33 bits per heavy atom. The first kappa shape index (κ1) is 5.82. The smallest absolute Gasteiger partial charge is 0.174 e. The Bertz CT molecular complexity index is 414. The van der Waals surface area contributed by atoms with E-state index in [2.05, 4.69) is 15.2 Å². The molecular formula is C7H5FN4. The largest absolute Gasteiger partial charge is 0.233 e. The van der Waals surface area contributed by atoms with Crippen molar-refractivity contribution >= 4 is 0 Å². The van der Waals surface area contributed by atoms with Crippen LogP contribution in [0.25, 0.3) is 5.82 Å². The summed E-state index contributed by atoms with van der Waals surface area (Å²) in [5, 5.41) is 7.59. The molecule has 0 unspecified atom stereocenters. The summed E-state index contributed by atoms with van der Waals surface area (Å²) in [7, 11) is 0. The molecule has 60 valence electrons. The Kier molecular flexibility index (Phi) is 1.30. The molecule has 0 amide bonds. The highest BCUT2D eigenvalue weighted by Crippen LogP contribution is 2.00. The lowest BCUT2D eigenvalue weighted by atomic mass is 10.4. The fourth-order valence-electron chi connectivity index (χ4n) is 0.778. The predicted molar refractivity (Wildman–Crippen MR) is 39.1 cm³/mol. The van der Waals surface area contributed by atoms with Crippen molar-refractivity contribution in [1.82, 2.24) is 20.0 Å². The van der Waals surface area contributed by atoms with Gasteiger partial charge in [-0.2, -0.15) is 10.2 Å². The fraction of sp³-hybridized carbons (Fsp3) is 0. The topological polar surface area (TPSA) is 43.6 Å².